The van der Waals surface area contributed by atoms with Crippen LogP contribution in [0.1, 0.15) is 25.0 Å². The predicted octanol–water partition coefficient (Wildman–Crippen LogP) is 14.1. The summed E-state index contributed by atoms with van der Waals surface area (Å²) in [7, 11) is 0. The number of hydrogen-bond donors (Lipinski definition) is 0. The number of fused-ring (bicyclic) bond motifs is 3. The van der Waals surface area contributed by atoms with Crippen LogP contribution < -0.4 is 4.90 Å². The minimum absolute atomic E-state index is 0.114. The summed E-state index contributed by atoms with van der Waals surface area (Å²) in [5.74, 6) is 0. The van der Waals surface area contributed by atoms with Crippen molar-refractivity contribution in [1.82, 2.24) is 0 Å². The number of rotatable bonds is 7. The van der Waals surface area contributed by atoms with Crippen molar-refractivity contribution in [2.45, 2.75) is 19.3 Å². The van der Waals surface area contributed by atoms with E-state index in [0.29, 0.717) is 0 Å². The molecule has 0 N–H and O–H groups in total. The van der Waals surface area contributed by atoms with Crippen molar-refractivity contribution in [3.8, 4) is 55.6 Å². The topological polar surface area (TPSA) is 3.24 Å². The molecular formula is C51H39N. The van der Waals surface area contributed by atoms with Crippen molar-refractivity contribution in [3.05, 3.63) is 211 Å². The van der Waals surface area contributed by atoms with Gasteiger partial charge in [-0.25, -0.2) is 0 Å². The van der Waals surface area contributed by atoms with Crippen molar-refractivity contribution < 1.29 is 0 Å². The van der Waals surface area contributed by atoms with Crippen LogP contribution in [0.3, 0.4) is 0 Å². The molecule has 248 valence electrons. The van der Waals surface area contributed by atoms with Crippen LogP contribution in [-0.4, -0.2) is 0 Å². The highest BCUT2D eigenvalue weighted by Gasteiger charge is 2.36. The van der Waals surface area contributed by atoms with Crippen LogP contribution in [0.15, 0.2) is 200 Å². The smallest absolute Gasteiger partial charge is 0.0546 e. The van der Waals surface area contributed by atoms with Crippen LogP contribution in [0, 0.1) is 0 Å². The fraction of sp³-hybridized carbons (Fsp3) is 0.0588. The molecule has 0 amide bonds. The molecule has 0 heterocycles. The number of anilines is 3. The molecule has 0 unspecified atom stereocenters. The van der Waals surface area contributed by atoms with Crippen LogP contribution in [0.4, 0.5) is 17.1 Å². The number of para-hydroxylation sites is 1. The largest absolute Gasteiger partial charge is 0.310 e. The minimum Gasteiger partial charge on any atom is -0.310 e. The first-order valence-corrected chi connectivity index (χ1v) is 18.1. The Morgan fingerprint density at radius 3 is 1.52 bits per heavy atom. The summed E-state index contributed by atoms with van der Waals surface area (Å²) in [6.45, 7) is 4.71. The van der Waals surface area contributed by atoms with Gasteiger partial charge >= 0.3 is 0 Å². The van der Waals surface area contributed by atoms with E-state index in [1.165, 1.54) is 66.8 Å². The Labute approximate surface area is 307 Å². The van der Waals surface area contributed by atoms with Crippen LogP contribution >= 0.6 is 0 Å². The van der Waals surface area contributed by atoms with E-state index in [2.05, 4.69) is 219 Å². The highest BCUT2D eigenvalue weighted by Crippen LogP contribution is 2.52. The van der Waals surface area contributed by atoms with Gasteiger partial charge in [0.25, 0.3) is 0 Å². The maximum atomic E-state index is 2.45. The molecule has 8 aromatic carbocycles. The summed E-state index contributed by atoms with van der Waals surface area (Å²) in [5.41, 5.74) is 18.2. The molecule has 52 heavy (non-hydrogen) atoms. The van der Waals surface area contributed by atoms with Crippen molar-refractivity contribution >= 4 is 17.1 Å². The van der Waals surface area contributed by atoms with Gasteiger partial charge in [0.15, 0.2) is 0 Å². The van der Waals surface area contributed by atoms with Gasteiger partial charge in [0, 0.05) is 22.4 Å². The first-order chi connectivity index (χ1) is 25.6. The molecule has 0 saturated carbocycles. The van der Waals surface area contributed by atoms with Crippen molar-refractivity contribution in [1.29, 1.82) is 0 Å². The molecule has 1 aliphatic rings. The summed E-state index contributed by atoms with van der Waals surface area (Å²) in [6.07, 6.45) is 0. The minimum atomic E-state index is -0.114. The fourth-order valence-electron chi connectivity index (χ4n) is 8.09. The molecule has 0 bridgehead atoms. The monoisotopic (exact) mass is 665 g/mol. The highest BCUT2D eigenvalue weighted by atomic mass is 15.1. The lowest BCUT2D eigenvalue weighted by atomic mass is 9.82. The molecule has 1 nitrogen and oxygen atoms in total. The van der Waals surface area contributed by atoms with Gasteiger partial charge in [-0.3, -0.25) is 0 Å². The third-order valence-corrected chi connectivity index (χ3v) is 10.7. The van der Waals surface area contributed by atoms with Gasteiger partial charge in [-0.2, -0.15) is 0 Å². The zero-order valence-electron chi connectivity index (χ0n) is 29.5. The Bertz CT molecular complexity index is 2530. The summed E-state index contributed by atoms with van der Waals surface area (Å²) in [4.78, 5) is 2.45. The lowest BCUT2D eigenvalue weighted by Crippen LogP contribution is -2.17. The quantitative estimate of drug-likeness (QED) is 0.164. The summed E-state index contributed by atoms with van der Waals surface area (Å²) in [5, 5.41) is 0. The fourth-order valence-corrected chi connectivity index (χ4v) is 8.09. The number of hydrogen-bond acceptors (Lipinski definition) is 1. The molecule has 0 aliphatic heterocycles. The van der Waals surface area contributed by atoms with Gasteiger partial charge in [-0.05, 0) is 104 Å². The standard InChI is InChI=1S/C51H39N/c1-51(2)47-29-13-12-27-45(47)46-32-31-43(35-48(46)51)52(42-25-10-5-11-26-42)49-30-16-28-44(40-23-14-21-38(33-40)36-17-6-3-7-18-36)50(49)41-24-15-22-39(34-41)37-19-8-4-9-20-37/h3-35H,1-2H3. The molecule has 0 aromatic heterocycles. The van der Waals surface area contributed by atoms with Crippen LogP contribution in [0.2, 0.25) is 0 Å². The zero-order chi connectivity index (χ0) is 35.1. The second-order valence-electron chi connectivity index (χ2n) is 14.2. The van der Waals surface area contributed by atoms with E-state index >= 15 is 0 Å². The van der Waals surface area contributed by atoms with Crippen molar-refractivity contribution in [3.63, 3.8) is 0 Å². The SMILES string of the molecule is CC1(C)c2ccccc2-c2ccc(N(c3ccccc3)c3cccc(-c4cccc(-c5ccccc5)c4)c3-c3cccc(-c4ccccc4)c3)cc21. The normalized spacial score (nSPS) is 12.6. The third kappa shape index (κ3) is 5.52. The van der Waals surface area contributed by atoms with Gasteiger partial charge in [0.2, 0.25) is 0 Å². The molecule has 0 radical (unpaired) electrons. The van der Waals surface area contributed by atoms with E-state index in [9.17, 15) is 0 Å². The first-order valence-electron chi connectivity index (χ1n) is 18.1. The molecule has 0 saturated heterocycles. The molecule has 9 rings (SSSR count). The van der Waals surface area contributed by atoms with Gasteiger partial charge in [0.05, 0.1) is 5.69 Å². The second-order valence-corrected chi connectivity index (χ2v) is 14.2. The Morgan fingerprint density at radius 1 is 0.327 bits per heavy atom. The van der Waals surface area contributed by atoms with Crippen LogP contribution in [-0.2, 0) is 5.41 Å². The third-order valence-electron chi connectivity index (χ3n) is 10.7. The second kappa shape index (κ2) is 13.0. The van der Waals surface area contributed by atoms with Crippen molar-refractivity contribution in [2.75, 3.05) is 4.90 Å². The molecule has 0 fully saturated rings. The Morgan fingerprint density at radius 2 is 0.827 bits per heavy atom. The molecular weight excluding hydrogens is 627 g/mol. The Balaban J connectivity index is 1.30. The summed E-state index contributed by atoms with van der Waals surface area (Å²) in [6, 6.07) is 72.9. The van der Waals surface area contributed by atoms with E-state index in [0.717, 1.165) is 17.1 Å². The maximum absolute atomic E-state index is 2.45. The summed E-state index contributed by atoms with van der Waals surface area (Å²) < 4.78 is 0. The lowest BCUT2D eigenvalue weighted by Gasteiger charge is -2.31. The van der Waals surface area contributed by atoms with Gasteiger partial charge in [-0.15, -0.1) is 0 Å². The predicted molar refractivity (Wildman–Crippen MR) is 220 cm³/mol. The lowest BCUT2D eigenvalue weighted by molar-refractivity contribution is 0.660. The Hall–Kier alpha value is -6.44. The zero-order valence-corrected chi connectivity index (χ0v) is 29.5. The van der Waals surface area contributed by atoms with E-state index in [-0.39, 0.29) is 5.41 Å². The van der Waals surface area contributed by atoms with E-state index in [1.807, 2.05) is 0 Å². The average molecular weight is 666 g/mol. The number of nitrogens with zero attached hydrogens (tertiary/aromatic N) is 1. The van der Waals surface area contributed by atoms with Crippen LogP contribution in [0.25, 0.3) is 55.6 Å². The Kier molecular flexibility index (Phi) is 7.90. The highest BCUT2D eigenvalue weighted by molar-refractivity contribution is 5.98. The maximum Gasteiger partial charge on any atom is 0.0546 e. The molecule has 1 aliphatic carbocycles. The van der Waals surface area contributed by atoms with Crippen LogP contribution in [0.5, 0.6) is 0 Å². The first kappa shape index (κ1) is 31.5. The van der Waals surface area contributed by atoms with E-state index in [1.54, 1.807) is 0 Å². The molecule has 0 spiro atoms. The summed E-state index contributed by atoms with van der Waals surface area (Å²) >= 11 is 0. The van der Waals surface area contributed by atoms with Gasteiger partial charge in [-0.1, -0.05) is 172 Å². The van der Waals surface area contributed by atoms with Gasteiger partial charge < -0.3 is 4.90 Å². The average Bonchev–Trinajstić information content (AvgIpc) is 3.44. The molecule has 0 atom stereocenters. The number of benzene rings is 8. The molecule has 1 heteroatoms. The van der Waals surface area contributed by atoms with E-state index < -0.39 is 0 Å². The molecule has 8 aromatic rings. The van der Waals surface area contributed by atoms with Crippen molar-refractivity contribution in [2.24, 2.45) is 0 Å². The van der Waals surface area contributed by atoms with E-state index in [4.69, 9.17) is 0 Å². The van der Waals surface area contributed by atoms with Gasteiger partial charge in [0.1, 0.15) is 0 Å².